The summed E-state index contributed by atoms with van der Waals surface area (Å²) < 4.78 is 0. The summed E-state index contributed by atoms with van der Waals surface area (Å²) in [6, 6.07) is 8.39. The molecule has 19 heavy (non-hydrogen) atoms. The first kappa shape index (κ1) is 13.9. The van der Waals surface area contributed by atoms with Gasteiger partial charge in [0, 0.05) is 18.3 Å². The van der Waals surface area contributed by atoms with Gasteiger partial charge in [0.15, 0.2) is 0 Å². The van der Waals surface area contributed by atoms with Gasteiger partial charge >= 0.3 is 0 Å². The highest BCUT2D eigenvalue weighted by Crippen LogP contribution is 2.25. The van der Waals surface area contributed by atoms with Gasteiger partial charge in [0.2, 0.25) is 5.91 Å². The first-order valence-corrected chi connectivity index (χ1v) is 6.90. The second-order valence-corrected chi connectivity index (χ2v) is 5.26. The third kappa shape index (κ3) is 3.07. The van der Waals surface area contributed by atoms with E-state index in [-0.39, 0.29) is 18.0 Å². The second-order valence-electron chi connectivity index (χ2n) is 5.26. The Labute approximate surface area is 115 Å². The Morgan fingerprint density at radius 2 is 2.16 bits per heavy atom. The van der Waals surface area contributed by atoms with Gasteiger partial charge in [0.05, 0.1) is 0 Å². The van der Waals surface area contributed by atoms with E-state index in [0.29, 0.717) is 0 Å². The van der Waals surface area contributed by atoms with Crippen molar-refractivity contribution in [3.05, 3.63) is 29.8 Å². The molecule has 1 aromatic carbocycles. The predicted octanol–water partition coefficient (Wildman–Crippen LogP) is 1.30. The molecule has 1 aliphatic heterocycles. The number of aryl methyl sites for hydroxylation is 1. The van der Waals surface area contributed by atoms with Crippen LogP contribution in [-0.2, 0) is 4.79 Å². The summed E-state index contributed by atoms with van der Waals surface area (Å²) in [6.07, 6.45) is 0.823. The fourth-order valence-electron chi connectivity index (χ4n) is 2.67. The molecule has 0 aromatic heterocycles. The molecule has 1 aliphatic rings. The molecule has 0 radical (unpaired) electrons. The van der Waals surface area contributed by atoms with Gasteiger partial charge in [0.1, 0.15) is 6.04 Å². The number of para-hydroxylation sites is 1. The van der Waals surface area contributed by atoms with Gasteiger partial charge < -0.3 is 15.5 Å². The lowest BCUT2D eigenvalue weighted by Gasteiger charge is -2.40. The number of carbonyl (C=O) groups is 1. The number of rotatable bonds is 4. The Bertz CT molecular complexity index is 447. The fraction of sp³-hybridized carbons (Fsp3) is 0.533. The van der Waals surface area contributed by atoms with Crippen LogP contribution < -0.4 is 15.5 Å². The molecule has 4 heteroatoms. The summed E-state index contributed by atoms with van der Waals surface area (Å²) in [5, 5.41) is 6.18. The Balaban J connectivity index is 2.27. The molecule has 1 heterocycles. The zero-order valence-electron chi connectivity index (χ0n) is 11.9. The molecule has 0 bridgehead atoms. The van der Waals surface area contributed by atoms with Gasteiger partial charge in [-0.2, -0.15) is 0 Å². The number of anilines is 1. The minimum absolute atomic E-state index is 0.0789. The third-order valence-corrected chi connectivity index (χ3v) is 3.63. The molecular formula is C15H23N3O. The van der Waals surface area contributed by atoms with Crippen molar-refractivity contribution in [3.63, 3.8) is 0 Å². The van der Waals surface area contributed by atoms with Crippen molar-refractivity contribution >= 4 is 11.6 Å². The lowest BCUT2D eigenvalue weighted by Crippen LogP contribution is -2.60. The van der Waals surface area contributed by atoms with E-state index in [1.54, 1.807) is 0 Å². The molecule has 2 rings (SSSR count). The lowest BCUT2D eigenvalue weighted by atomic mass is 10.0. The number of hydrogen-bond acceptors (Lipinski definition) is 3. The van der Waals surface area contributed by atoms with Crippen LogP contribution in [0, 0.1) is 6.92 Å². The van der Waals surface area contributed by atoms with Crippen molar-refractivity contribution in [1.82, 2.24) is 10.6 Å². The highest BCUT2D eigenvalue weighted by atomic mass is 16.2. The highest BCUT2D eigenvalue weighted by Gasteiger charge is 2.32. The largest absolute Gasteiger partial charge is 0.357 e. The van der Waals surface area contributed by atoms with Gasteiger partial charge in [-0.1, -0.05) is 18.2 Å². The number of carbonyl (C=O) groups excluding carboxylic acids is 1. The van der Waals surface area contributed by atoms with Crippen LogP contribution in [0.3, 0.4) is 0 Å². The minimum Gasteiger partial charge on any atom is -0.357 e. The van der Waals surface area contributed by atoms with Crippen molar-refractivity contribution in [2.75, 3.05) is 25.0 Å². The second kappa shape index (κ2) is 6.06. The Morgan fingerprint density at radius 3 is 2.84 bits per heavy atom. The highest BCUT2D eigenvalue weighted by molar-refractivity contribution is 5.87. The number of piperazine rings is 1. The Morgan fingerprint density at radius 1 is 1.42 bits per heavy atom. The maximum atomic E-state index is 12.2. The Kier molecular flexibility index (Phi) is 4.43. The van der Waals surface area contributed by atoms with Gasteiger partial charge in [-0.15, -0.1) is 0 Å². The summed E-state index contributed by atoms with van der Waals surface area (Å²) in [5.41, 5.74) is 2.39. The van der Waals surface area contributed by atoms with Crippen molar-refractivity contribution < 1.29 is 4.79 Å². The number of benzene rings is 1. The zero-order valence-corrected chi connectivity index (χ0v) is 11.9. The maximum absolute atomic E-state index is 12.2. The van der Waals surface area contributed by atoms with Crippen molar-refractivity contribution in [2.24, 2.45) is 0 Å². The van der Waals surface area contributed by atoms with Gasteiger partial charge in [0.25, 0.3) is 0 Å². The predicted molar refractivity (Wildman–Crippen MR) is 78.5 cm³/mol. The molecule has 2 atom stereocenters. The first-order valence-electron chi connectivity index (χ1n) is 6.90. The van der Waals surface area contributed by atoms with Crippen molar-refractivity contribution in [1.29, 1.82) is 0 Å². The van der Waals surface area contributed by atoms with Crippen LogP contribution in [0.1, 0.15) is 18.9 Å². The monoisotopic (exact) mass is 261 g/mol. The summed E-state index contributed by atoms with van der Waals surface area (Å²) in [6.45, 7) is 5.86. The number of hydrogen-bond donors (Lipinski definition) is 2. The summed E-state index contributed by atoms with van der Waals surface area (Å²) in [4.78, 5) is 14.5. The SMILES string of the molecule is CNCCC1C(=O)NC(C)CN1c1ccccc1C. The molecule has 1 saturated heterocycles. The standard InChI is InChI=1S/C15H23N3O/c1-11-6-4-5-7-13(11)18-10-12(2)17-15(19)14(18)8-9-16-3/h4-7,12,14,16H,8-10H2,1-3H3,(H,17,19). The van der Waals surface area contributed by atoms with Crippen LogP contribution in [0.4, 0.5) is 5.69 Å². The molecule has 4 nitrogen and oxygen atoms in total. The average molecular weight is 261 g/mol. The molecule has 0 spiro atoms. The van der Waals surface area contributed by atoms with Gasteiger partial charge in [-0.05, 0) is 45.5 Å². The van der Waals surface area contributed by atoms with Crippen LogP contribution in [0.2, 0.25) is 0 Å². The normalized spacial score (nSPS) is 23.3. The van der Waals surface area contributed by atoms with Crippen molar-refractivity contribution in [2.45, 2.75) is 32.4 Å². The topological polar surface area (TPSA) is 44.4 Å². The van der Waals surface area contributed by atoms with E-state index in [1.807, 2.05) is 19.2 Å². The first-order chi connectivity index (χ1) is 9.13. The average Bonchev–Trinajstić information content (AvgIpc) is 2.37. The maximum Gasteiger partial charge on any atom is 0.243 e. The molecule has 2 N–H and O–H groups in total. The minimum atomic E-state index is -0.0789. The summed E-state index contributed by atoms with van der Waals surface area (Å²) in [5.74, 6) is 0.136. The van der Waals surface area contributed by atoms with Gasteiger partial charge in [-0.3, -0.25) is 4.79 Å². The van der Waals surface area contributed by atoms with Crippen LogP contribution in [0.5, 0.6) is 0 Å². The smallest absolute Gasteiger partial charge is 0.243 e. The fourth-order valence-corrected chi connectivity index (χ4v) is 2.67. The van der Waals surface area contributed by atoms with Crippen LogP contribution in [-0.4, -0.2) is 38.1 Å². The molecule has 104 valence electrons. The number of nitrogens with one attached hydrogen (secondary N) is 2. The molecule has 1 aromatic rings. The van der Waals surface area contributed by atoms with E-state index < -0.39 is 0 Å². The summed E-state index contributed by atoms with van der Waals surface area (Å²) in [7, 11) is 1.92. The van der Waals surface area contributed by atoms with E-state index >= 15 is 0 Å². The van der Waals surface area contributed by atoms with Crippen molar-refractivity contribution in [3.8, 4) is 0 Å². The van der Waals surface area contributed by atoms with E-state index in [1.165, 1.54) is 11.3 Å². The summed E-state index contributed by atoms with van der Waals surface area (Å²) >= 11 is 0. The molecule has 2 unspecified atom stereocenters. The molecular weight excluding hydrogens is 238 g/mol. The molecule has 0 saturated carbocycles. The van der Waals surface area contributed by atoms with Gasteiger partial charge in [-0.25, -0.2) is 0 Å². The Hall–Kier alpha value is -1.55. The van der Waals surface area contributed by atoms with E-state index in [4.69, 9.17) is 0 Å². The lowest BCUT2D eigenvalue weighted by molar-refractivity contribution is -0.124. The number of nitrogens with zero attached hydrogens (tertiary/aromatic N) is 1. The van der Waals surface area contributed by atoms with Crippen LogP contribution in [0.25, 0.3) is 0 Å². The van der Waals surface area contributed by atoms with E-state index in [2.05, 4.69) is 41.5 Å². The van der Waals surface area contributed by atoms with E-state index in [0.717, 1.165) is 19.5 Å². The molecule has 1 fully saturated rings. The third-order valence-electron chi connectivity index (χ3n) is 3.63. The van der Waals surface area contributed by atoms with Crippen LogP contribution in [0.15, 0.2) is 24.3 Å². The molecule has 0 aliphatic carbocycles. The zero-order chi connectivity index (χ0) is 13.8. The van der Waals surface area contributed by atoms with Crippen LogP contribution >= 0.6 is 0 Å². The quantitative estimate of drug-likeness (QED) is 0.858. The number of amides is 1. The molecule has 1 amide bonds. The van der Waals surface area contributed by atoms with E-state index in [9.17, 15) is 4.79 Å².